The molecule has 0 bridgehead atoms. The van der Waals surface area contributed by atoms with Gasteiger partial charge in [0.15, 0.2) is 0 Å². The van der Waals surface area contributed by atoms with Gasteiger partial charge in [-0.25, -0.2) is 0 Å². The van der Waals surface area contributed by atoms with Gasteiger partial charge in [0.2, 0.25) is 0 Å². The summed E-state index contributed by atoms with van der Waals surface area (Å²) in [6.45, 7) is 10.1. The SMILES string of the molecule is CCCC(C)CNC(C)(C)CCCl. The van der Waals surface area contributed by atoms with Gasteiger partial charge in [-0.2, -0.15) is 0 Å². The lowest BCUT2D eigenvalue weighted by molar-refractivity contribution is 0.339. The summed E-state index contributed by atoms with van der Waals surface area (Å²) in [5, 5.41) is 3.56. The van der Waals surface area contributed by atoms with Gasteiger partial charge in [0.1, 0.15) is 0 Å². The highest BCUT2D eigenvalue weighted by Crippen LogP contribution is 2.11. The van der Waals surface area contributed by atoms with Crippen molar-refractivity contribution in [2.24, 2.45) is 5.92 Å². The van der Waals surface area contributed by atoms with Gasteiger partial charge in [0.05, 0.1) is 0 Å². The second kappa shape index (κ2) is 6.67. The second-order valence-electron chi connectivity index (χ2n) is 4.60. The predicted octanol–water partition coefficient (Wildman–Crippen LogP) is 3.42. The Balaban J connectivity index is 3.60. The molecule has 0 aromatic rings. The van der Waals surface area contributed by atoms with Crippen LogP contribution >= 0.6 is 11.6 Å². The molecule has 0 rings (SSSR count). The Morgan fingerprint density at radius 1 is 1.38 bits per heavy atom. The minimum atomic E-state index is 0.198. The van der Waals surface area contributed by atoms with E-state index >= 15 is 0 Å². The standard InChI is InChI=1S/C11H24ClN/c1-5-6-10(2)9-13-11(3,4)7-8-12/h10,13H,5-9H2,1-4H3. The van der Waals surface area contributed by atoms with E-state index in [4.69, 9.17) is 11.6 Å². The van der Waals surface area contributed by atoms with Crippen molar-refractivity contribution in [1.82, 2.24) is 5.32 Å². The number of rotatable bonds is 7. The number of halogens is 1. The molecule has 0 aliphatic carbocycles. The lowest BCUT2D eigenvalue weighted by Crippen LogP contribution is -2.41. The summed E-state index contributed by atoms with van der Waals surface area (Å²) in [5.41, 5.74) is 0.198. The molecular formula is C11H24ClN. The molecule has 2 heteroatoms. The largest absolute Gasteiger partial charge is 0.311 e. The summed E-state index contributed by atoms with van der Waals surface area (Å²) >= 11 is 5.72. The first-order valence-electron chi connectivity index (χ1n) is 5.33. The Hall–Kier alpha value is 0.250. The van der Waals surface area contributed by atoms with Crippen LogP contribution in [0.2, 0.25) is 0 Å². The maximum Gasteiger partial charge on any atom is 0.0240 e. The molecule has 0 aromatic carbocycles. The van der Waals surface area contributed by atoms with E-state index < -0.39 is 0 Å². The van der Waals surface area contributed by atoms with Crippen LogP contribution in [-0.2, 0) is 0 Å². The highest BCUT2D eigenvalue weighted by molar-refractivity contribution is 6.17. The molecule has 0 fully saturated rings. The lowest BCUT2D eigenvalue weighted by atomic mass is 9.99. The second-order valence-corrected chi connectivity index (χ2v) is 4.98. The Bertz CT molecular complexity index is 123. The van der Waals surface area contributed by atoms with Crippen LogP contribution < -0.4 is 5.32 Å². The third-order valence-corrected chi connectivity index (χ3v) is 2.62. The Morgan fingerprint density at radius 2 is 2.00 bits per heavy atom. The first kappa shape index (κ1) is 13.2. The topological polar surface area (TPSA) is 12.0 Å². The van der Waals surface area contributed by atoms with Gasteiger partial charge in [0.25, 0.3) is 0 Å². The van der Waals surface area contributed by atoms with Crippen molar-refractivity contribution in [3.8, 4) is 0 Å². The predicted molar refractivity (Wildman–Crippen MR) is 61.5 cm³/mol. The third-order valence-electron chi connectivity index (χ3n) is 2.43. The monoisotopic (exact) mass is 205 g/mol. The van der Waals surface area contributed by atoms with Crippen molar-refractivity contribution < 1.29 is 0 Å². The minimum Gasteiger partial charge on any atom is -0.311 e. The molecule has 80 valence electrons. The van der Waals surface area contributed by atoms with Crippen LogP contribution in [0, 0.1) is 5.92 Å². The molecule has 0 radical (unpaired) electrons. The first-order chi connectivity index (χ1) is 6.02. The fourth-order valence-corrected chi connectivity index (χ4v) is 1.84. The van der Waals surface area contributed by atoms with Gasteiger partial charge in [-0.1, -0.05) is 20.3 Å². The first-order valence-corrected chi connectivity index (χ1v) is 5.86. The zero-order valence-electron chi connectivity index (χ0n) is 9.49. The van der Waals surface area contributed by atoms with Crippen LogP contribution in [0.4, 0.5) is 0 Å². The highest BCUT2D eigenvalue weighted by Gasteiger charge is 2.16. The van der Waals surface area contributed by atoms with Gasteiger partial charge in [-0.3, -0.25) is 0 Å². The molecular weight excluding hydrogens is 182 g/mol. The molecule has 1 nitrogen and oxygen atoms in total. The summed E-state index contributed by atoms with van der Waals surface area (Å²) < 4.78 is 0. The fourth-order valence-electron chi connectivity index (χ4n) is 1.37. The summed E-state index contributed by atoms with van der Waals surface area (Å²) in [4.78, 5) is 0. The van der Waals surface area contributed by atoms with E-state index in [0.717, 1.165) is 24.8 Å². The van der Waals surface area contributed by atoms with Crippen LogP contribution in [0.15, 0.2) is 0 Å². The van der Waals surface area contributed by atoms with Crippen molar-refractivity contribution >= 4 is 11.6 Å². The van der Waals surface area contributed by atoms with Gasteiger partial charge < -0.3 is 5.32 Å². The number of hydrogen-bond donors (Lipinski definition) is 1. The molecule has 0 aliphatic rings. The zero-order chi connectivity index (χ0) is 10.3. The molecule has 1 N–H and O–H groups in total. The fraction of sp³-hybridized carbons (Fsp3) is 1.00. The van der Waals surface area contributed by atoms with Gasteiger partial charge in [0, 0.05) is 11.4 Å². The number of alkyl halides is 1. The van der Waals surface area contributed by atoms with E-state index in [2.05, 4.69) is 33.0 Å². The van der Waals surface area contributed by atoms with E-state index in [9.17, 15) is 0 Å². The molecule has 1 unspecified atom stereocenters. The lowest BCUT2D eigenvalue weighted by Gasteiger charge is -2.27. The summed E-state index contributed by atoms with van der Waals surface area (Å²) in [6.07, 6.45) is 3.62. The Kier molecular flexibility index (Phi) is 6.79. The maximum absolute atomic E-state index is 5.72. The Labute approximate surface area is 88.2 Å². The molecule has 0 amide bonds. The van der Waals surface area contributed by atoms with E-state index in [1.807, 2.05) is 0 Å². The molecule has 13 heavy (non-hydrogen) atoms. The van der Waals surface area contributed by atoms with Crippen LogP contribution in [-0.4, -0.2) is 18.0 Å². The highest BCUT2D eigenvalue weighted by atomic mass is 35.5. The maximum atomic E-state index is 5.72. The molecule has 0 spiro atoms. The van der Waals surface area contributed by atoms with E-state index in [-0.39, 0.29) is 5.54 Å². The zero-order valence-corrected chi connectivity index (χ0v) is 10.2. The van der Waals surface area contributed by atoms with E-state index in [1.54, 1.807) is 0 Å². The normalized spacial score (nSPS) is 14.5. The van der Waals surface area contributed by atoms with Gasteiger partial charge in [-0.15, -0.1) is 11.6 Å². The van der Waals surface area contributed by atoms with Gasteiger partial charge in [-0.05, 0) is 39.2 Å². The average Bonchev–Trinajstić information content (AvgIpc) is 2.02. The third kappa shape index (κ3) is 7.33. The van der Waals surface area contributed by atoms with Crippen molar-refractivity contribution in [3.05, 3.63) is 0 Å². The van der Waals surface area contributed by atoms with Crippen LogP contribution in [0.25, 0.3) is 0 Å². The van der Waals surface area contributed by atoms with Crippen molar-refractivity contribution in [2.45, 2.75) is 52.5 Å². The molecule has 0 saturated carbocycles. The average molecular weight is 206 g/mol. The van der Waals surface area contributed by atoms with E-state index in [1.165, 1.54) is 12.8 Å². The molecule has 0 heterocycles. The van der Waals surface area contributed by atoms with Crippen LogP contribution in [0.1, 0.15) is 47.0 Å². The Morgan fingerprint density at radius 3 is 2.46 bits per heavy atom. The summed E-state index contributed by atoms with van der Waals surface area (Å²) in [5.74, 6) is 1.52. The molecule has 0 aliphatic heterocycles. The van der Waals surface area contributed by atoms with Crippen molar-refractivity contribution in [2.75, 3.05) is 12.4 Å². The quantitative estimate of drug-likeness (QED) is 0.629. The summed E-state index contributed by atoms with van der Waals surface area (Å²) in [7, 11) is 0. The molecule has 0 saturated heterocycles. The van der Waals surface area contributed by atoms with Crippen molar-refractivity contribution in [3.63, 3.8) is 0 Å². The van der Waals surface area contributed by atoms with Crippen molar-refractivity contribution in [1.29, 1.82) is 0 Å². The van der Waals surface area contributed by atoms with E-state index in [0.29, 0.717) is 0 Å². The smallest absolute Gasteiger partial charge is 0.0240 e. The van der Waals surface area contributed by atoms with Gasteiger partial charge >= 0.3 is 0 Å². The summed E-state index contributed by atoms with van der Waals surface area (Å²) in [6, 6.07) is 0. The minimum absolute atomic E-state index is 0.198. The number of nitrogens with one attached hydrogen (secondary N) is 1. The molecule has 1 atom stereocenters. The van der Waals surface area contributed by atoms with Crippen LogP contribution in [0.3, 0.4) is 0 Å². The van der Waals surface area contributed by atoms with Crippen LogP contribution in [0.5, 0.6) is 0 Å². The molecule has 0 aromatic heterocycles. The number of hydrogen-bond acceptors (Lipinski definition) is 1.